The molecule has 0 radical (unpaired) electrons. The van der Waals surface area contributed by atoms with E-state index in [1.165, 1.54) is 34.4 Å². The van der Waals surface area contributed by atoms with E-state index >= 15 is 0 Å². The molecule has 0 saturated carbocycles. The van der Waals surface area contributed by atoms with Crippen molar-refractivity contribution in [3.63, 3.8) is 0 Å². The van der Waals surface area contributed by atoms with Crippen LogP contribution in [-0.4, -0.2) is 33.7 Å². The summed E-state index contributed by atoms with van der Waals surface area (Å²) >= 11 is 1.40. The molecule has 0 aromatic carbocycles. The van der Waals surface area contributed by atoms with E-state index in [1.54, 1.807) is 0 Å². The number of unbranched alkanes of at least 4 members (excludes halogenated alkanes) is 1. The summed E-state index contributed by atoms with van der Waals surface area (Å²) in [5.41, 5.74) is 0. The summed E-state index contributed by atoms with van der Waals surface area (Å²) in [4.78, 5) is 0. The molecule has 0 nitrogen and oxygen atoms in total. The molecule has 0 aliphatic heterocycles. The molecule has 0 atom stereocenters. The predicted octanol–water partition coefficient (Wildman–Crippen LogP) is 1.32. The van der Waals surface area contributed by atoms with Gasteiger partial charge < -0.3 is 0 Å². The summed E-state index contributed by atoms with van der Waals surface area (Å²) in [6.07, 6.45) is 2.83. The summed E-state index contributed by atoms with van der Waals surface area (Å²) in [6.45, 7) is 8.73. The fourth-order valence-corrected chi connectivity index (χ4v) is 1.06. The van der Waals surface area contributed by atoms with Gasteiger partial charge in [0.05, 0.1) is 0 Å². The molecule has 0 saturated heterocycles. The Bertz CT molecular complexity index is 31.5. The fraction of sp³-hybridized carbons (Fsp3) is 1.00. The van der Waals surface area contributed by atoms with E-state index in [1.807, 2.05) is 0 Å². The summed E-state index contributed by atoms with van der Waals surface area (Å²) < 4.78 is 0. The third-order valence-electron chi connectivity index (χ3n) is 0.707. The quantitative estimate of drug-likeness (QED) is 0.554. The van der Waals surface area contributed by atoms with Crippen LogP contribution in [0.4, 0.5) is 0 Å². The monoisotopic (exact) mass is 174 g/mol. The maximum absolute atomic E-state index is 2.23. The van der Waals surface area contributed by atoms with Crippen LogP contribution in [0.25, 0.3) is 0 Å². The molecule has 0 N–H and O–H groups in total. The van der Waals surface area contributed by atoms with E-state index < -0.39 is 0 Å². The molecule has 0 amide bonds. The molecule has 0 rings (SSSR count). The van der Waals surface area contributed by atoms with Crippen LogP contribution in [-0.2, 0) is 0 Å². The first-order valence-corrected chi connectivity index (χ1v) is 5.56. The Kier molecular flexibility index (Phi) is 28.6. The molecular weight excluding hydrogens is 150 g/mol. The smallest absolute Gasteiger partial charge is 0.101 e. The highest BCUT2D eigenvalue weighted by Crippen LogP contribution is 1.86. The minimum atomic E-state index is 0. The molecule has 0 aliphatic carbocycles. The van der Waals surface area contributed by atoms with E-state index in [0.717, 1.165) is 5.92 Å². The second-order valence-electron chi connectivity index (χ2n) is 3.09. The van der Waals surface area contributed by atoms with Crippen molar-refractivity contribution in [2.75, 3.05) is 0 Å². The van der Waals surface area contributed by atoms with Crippen molar-refractivity contribution in [2.45, 2.75) is 45.8 Å². The normalized spacial score (nSPS) is 7.70. The molecule has 62 valence electrons. The van der Waals surface area contributed by atoms with E-state index in [2.05, 4.69) is 27.7 Å². The largest absolute Gasteiger partial charge is 0.211 e. The average molecular weight is 174 g/mol. The Labute approximate surface area is 85.3 Å². The van der Waals surface area contributed by atoms with Gasteiger partial charge in [-0.15, -0.1) is 5.28 Å². The van der Waals surface area contributed by atoms with Gasteiger partial charge >= 0.3 is 0 Å². The number of hydrogen-bond acceptors (Lipinski definition) is 0. The molecule has 10 heavy (non-hydrogen) atoms. The van der Waals surface area contributed by atoms with Crippen LogP contribution in [0.5, 0.6) is 0 Å². The van der Waals surface area contributed by atoms with Gasteiger partial charge in [-0.2, -0.15) is 0 Å². The molecule has 0 fully saturated rings. The van der Waals surface area contributed by atoms with Gasteiger partial charge in [-0.25, -0.2) is 0 Å². The Morgan fingerprint density at radius 3 is 1.50 bits per heavy atom. The van der Waals surface area contributed by atoms with Gasteiger partial charge in [0.2, 0.25) is 16.3 Å². The molecule has 0 aromatic heterocycles. The second-order valence-corrected chi connectivity index (χ2v) is 4.09. The zero-order valence-electron chi connectivity index (χ0n) is 7.70. The third-order valence-corrected chi connectivity index (χ3v) is 1.41. The first-order valence-electron chi connectivity index (χ1n) is 4.15. The Balaban J connectivity index is -0.0000000910. The van der Waals surface area contributed by atoms with Crippen LogP contribution < -0.4 is 0 Å². The van der Waals surface area contributed by atoms with Gasteiger partial charge in [-0.3, -0.25) is 0 Å². The molecule has 2 heteroatoms. The van der Waals surface area contributed by atoms with Gasteiger partial charge in [-0.1, -0.05) is 40.5 Å². The third kappa shape index (κ3) is 62.8. The average Bonchev–Trinajstić information content (AvgIpc) is 1.66. The molecule has 0 unspecified atom stereocenters. The van der Waals surface area contributed by atoms with Crippen LogP contribution in [0.1, 0.15) is 40.5 Å². The van der Waals surface area contributed by atoms with Gasteiger partial charge in [0.15, 0.2) is 17.4 Å². The van der Waals surface area contributed by atoms with Crippen molar-refractivity contribution in [3.05, 3.63) is 0 Å². The summed E-state index contributed by atoms with van der Waals surface area (Å²) in [5, 5.41) is 1.48. The summed E-state index contributed by atoms with van der Waals surface area (Å²) in [6, 6.07) is 0. The van der Waals surface area contributed by atoms with Gasteiger partial charge in [0, 0.05) is 0 Å². The van der Waals surface area contributed by atoms with E-state index in [9.17, 15) is 0 Å². The first-order chi connectivity index (χ1) is 4.15. The molecule has 0 bridgehead atoms. The number of rotatable bonds is 2. The lowest BCUT2D eigenvalue weighted by Gasteiger charge is -1.79. The van der Waals surface area contributed by atoms with Gasteiger partial charge in [0.1, 0.15) is 0 Å². The highest BCUT2D eigenvalue weighted by molar-refractivity contribution is 6.08. The fourth-order valence-electron chi connectivity index (χ4n) is 0.354. The Hall–Kier alpha value is 1.06. The summed E-state index contributed by atoms with van der Waals surface area (Å²) in [5.74, 6) is 0.833. The van der Waals surface area contributed by atoms with Crippen molar-refractivity contribution in [3.8, 4) is 0 Å². The van der Waals surface area contributed by atoms with Crippen LogP contribution in [0, 0.1) is 5.92 Å². The first kappa shape index (κ1) is 17.2. The minimum Gasteiger partial charge on any atom is -0.101 e. The van der Waals surface area contributed by atoms with Crippen LogP contribution in [0.2, 0.25) is 5.28 Å². The molecular formula is C8H24Al2. The summed E-state index contributed by atoms with van der Waals surface area (Å²) in [7, 11) is 0. The maximum atomic E-state index is 2.23. The van der Waals surface area contributed by atoms with Crippen molar-refractivity contribution < 1.29 is 0 Å². The molecule has 0 heterocycles. The lowest BCUT2D eigenvalue weighted by atomic mass is 10.3. The molecule has 0 aromatic rings. The minimum absolute atomic E-state index is 0. The SMILES string of the molecule is CC(C)C.CCC[CH2][AlH2].[AlH3]. The Morgan fingerprint density at radius 2 is 1.50 bits per heavy atom. The highest BCUT2D eigenvalue weighted by atomic mass is 27.0. The van der Waals surface area contributed by atoms with Crippen molar-refractivity contribution in [1.82, 2.24) is 0 Å². The van der Waals surface area contributed by atoms with Crippen LogP contribution in [0.3, 0.4) is 0 Å². The zero-order chi connectivity index (χ0) is 7.70. The Morgan fingerprint density at radius 1 is 1.20 bits per heavy atom. The van der Waals surface area contributed by atoms with E-state index in [-0.39, 0.29) is 17.4 Å². The van der Waals surface area contributed by atoms with Crippen LogP contribution in [0.15, 0.2) is 0 Å². The molecule has 0 aliphatic rings. The van der Waals surface area contributed by atoms with E-state index in [4.69, 9.17) is 0 Å². The second kappa shape index (κ2) is 16.6. The maximum Gasteiger partial charge on any atom is 0.211 e. The predicted molar refractivity (Wildman–Crippen MR) is 58.7 cm³/mol. The zero-order valence-corrected chi connectivity index (χ0v) is 9.70. The van der Waals surface area contributed by atoms with Crippen molar-refractivity contribution >= 4 is 33.7 Å². The van der Waals surface area contributed by atoms with Gasteiger partial charge in [0.25, 0.3) is 0 Å². The standard InChI is InChI=1S/C4H10.C4H9.2Al.5H/c1-4(2)3;1-3-4-2;;;;;;;/h4H,1-3H3;1,3-4H2,2H3;;;;;;;. The van der Waals surface area contributed by atoms with Crippen molar-refractivity contribution in [1.29, 1.82) is 0 Å². The van der Waals surface area contributed by atoms with Gasteiger partial charge in [-0.05, 0) is 5.92 Å². The van der Waals surface area contributed by atoms with Crippen LogP contribution >= 0.6 is 0 Å². The topological polar surface area (TPSA) is 0 Å². The number of hydrogen-bond donors (Lipinski definition) is 0. The lowest BCUT2D eigenvalue weighted by molar-refractivity contribution is 0.737. The molecule has 0 spiro atoms. The van der Waals surface area contributed by atoms with E-state index in [0.29, 0.717) is 0 Å². The van der Waals surface area contributed by atoms with Crippen molar-refractivity contribution in [2.24, 2.45) is 5.92 Å². The lowest BCUT2D eigenvalue weighted by Crippen LogP contribution is -1.66. The highest BCUT2D eigenvalue weighted by Gasteiger charge is 1.69.